The van der Waals surface area contributed by atoms with Crippen LogP contribution in [0.2, 0.25) is 0 Å². The van der Waals surface area contributed by atoms with Crippen LogP contribution in [0, 0.1) is 0 Å². The van der Waals surface area contributed by atoms with Crippen LogP contribution in [0.25, 0.3) is 0 Å². The second-order valence-electron chi connectivity index (χ2n) is 7.00. The lowest BCUT2D eigenvalue weighted by atomic mass is 9.73. The Balaban J connectivity index is 1.54. The summed E-state index contributed by atoms with van der Waals surface area (Å²) in [7, 11) is 0. The van der Waals surface area contributed by atoms with Crippen LogP contribution in [-0.2, 0) is 21.4 Å². The molecule has 0 atom stereocenters. The molecule has 3 rings (SSSR count). The molecule has 0 unspecified atom stereocenters. The van der Waals surface area contributed by atoms with Crippen molar-refractivity contribution in [1.82, 2.24) is 5.32 Å². The molecule has 2 aromatic rings. The Kier molecular flexibility index (Phi) is 6.88. The third-order valence-corrected chi connectivity index (χ3v) is 5.27. The molecule has 2 aromatic carbocycles. The van der Waals surface area contributed by atoms with E-state index in [1.165, 1.54) is 5.56 Å². The number of rotatable bonds is 8. The number of amides is 1. The van der Waals surface area contributed by atoms with Crippen molar-refractivity contribution >= 4 is 5.91 Å². The first-order valence-corrected chi connectivity index (χ1v) is 9.88. The van der Waals surface area contributed by atoms with Gasteiger partial charge in [0.15, 0.2) is 0 Å². The Morgan fingerprint density at radius 1 is 1.07 bits per heavy atom. The molecule has 1 aliphatic heterocycles. The van der Waals surface area contributed by atoms with Gasteiger partial charge in [0.25, 0.3) is 0 Å². The largest absolute Gasteiger partial charge is 0.494 e. The van der Waals surface area contributed by atoms with Crippen molar-refractivity contribution in [2.45, 2.75) is 38.0 Å². The Bertz CT molecular complexity index is 706. The summed E-state index contributed by atoms with van der Waals surface area (Å²) in [5.41, 5.74) is 1.90. The molecule has 1 fully saturated rings. The topological polar surface area (TPSA) is 47.6 Å². The van der Waals surface area contributed by atoms with Crippen LogP contribution in [0.3, 0.4) is 0 Å². The first-order valence-electron chi connectivity index (χ1n) is 9.88. The van der Waals surface area contributed by atoms with Crippen LogP contribution in [-0.4, -0.2) is 32.3 Å². The maximum atomic E-state index is 13.1. The first kappa shape index (κ1) is 19.4. The summed E-state index contributed by atoms with van der Waals surface area (Å²) in [6, 6.07) is 18.3. The minimum Gasteiger partial charge on any atom is -0.494 e. The fourth-order valence-corrected chi connectivity index (χ4v) is 3.71. The predicted octanol–water partition coefficient (Wildman–Crippen LogP) is 3.88. The summed E-state index contributed by atoms with van der Waals surface area (Å²) in [5.74, 6) is 1.03. The van der Waals surface area contributed by atoms with Crippen molar-refractivity contribution in [2.75, 3.05) is 26.4 Å². The number of hydrogen-bond donors (Lipinski definition) is 1. The van der Waals surface area contributed by atoms with E-state index in [-0.39, 0.29) is 5.91 Å². The van der Waals surface area contributed by atoms with Crippen LogP contribution in [0.1, 0.15) is 37.3 Å². The lowest BCUT2D eigenvalue weighted by molar-refractivity contribution is -0.130. The number of hydrogen-bond acceptors (Lipinski definition) is 3. The minimum absolute atomic E-state index is 0.128. The van der Waals surface area contributed by atoms with E-state index in [4.69, 9.17) is 9.47 Å². The van der Waals surface area contributed by atoms with E-state index in [0.717, 1.165) is 37.0 Å². The maximum absolute atomic E-state index is 13.1. The van der Waals surface area contributed by atoms with Crippen molar-refractivity contribution in [3.8, 4) is 5.75 Å². The number of aryl methyl sites for hydroxylation is 1. The molecule has 144 valence electrons. The minimum atomic E-state index is -0.460. The Labute approximate surface area is 161 Å². The smallest absolute Gasteiger partial charge is 0.230 e. The Morgan fingerprint density at radius 3 is 2.44 bits per heavy atom. The number of carbonyl (C=O) groups is 1. The molecule has 1 heterocycles. The predicted molar refractivity (Wildman–Crippen MR) is 107 cm³/mol. The Morgan fingerprint density at radius 2 is 1.78 bits per heavy atom. The van der Waals surface area contributed by atoms with E-state index < -0.39 is 5.41 Å². The number of benzene rings is 2. The van der Waals surface area contributed by atoms with Gasteiger partial charge in [-0.25, -0.2) is 0 Å². The molecule has 1 aliphatic rings. The van der Waals surface area contributed by atoms with E-state index in [9.17, 15) is 4.79 Å². The zero-order valence-electron chi connectivity index (χ0n) is 16.1. The van der Waals surface area contributed by atoms with Gasteiger partial charge in [0.05, 0.1) is 12.0 Å². The van der Waals surface area contributed by atoms with Gasteiger partial charge in [0.2, 0.25) is 5.91 Å². The third kappa shape index (κ3) is 4.89. The van der Waals surface area contributed by atoms with Gasteiger partial charge in [-0.3, -0.25) is 4.79 Å². The van der Waals surface area contributed by atoms with Gasteiger partial charge in [-0.15, -0.1) is 0 Å². The molecule has 0 spiro atoms. The fraction of sp³-hybridized carbons (Fsp3) is 0.435. The molecular formula is C23H29NO3. The van der Waals surface area contributed by atoms with Crippen LogP contribution in [0.4, 0.5) is 0 Å². The first-order chi connectivity index (χ1) is 13.2. The molecule has 0 saturated carbocycles. The van der Waals surface area contributed by atoms with Crippen LogP contribution in [0.5, 0.6) is 5.75 Å². The highest BCUT2D eigenvalue weighted by Gasteiger charge is 2.41. The van der Waals surface area contributed by atoms with Gasteiger partial charge in [0.1, 0.15) is 5.75 Å². The van der Waals surface area contributed by atoms with E-state index in [0.29, 0.717) is 26.4 Å². The number of ether oxygens (including phenoxy) is 2. The van der Waals surface area contributed by atoms with Gasteiger partial charge in [-0.1, -0.05) is 42.5 Å². The molecule has 27 heavy (non-hydrogen) atoms. The summed E-state index contributed by atoms with van der Waals surface area (Å²) in [5, 5.41) is 3.17. The van der Waals surface area contributed by atoms with Gasteiger partial charge >= 0.3 is 0 Å². The van der Waals surface area contributed by atoms with Crippen molar-refractivity contribution < 1.29 is 14.3 Å². The van der Waals surface area contributed by atoms with Gasteiger partial charge in [0, 0.05) is 19.8 Å². The second kappa shape index (κ2) is 9.56. The summed E-state index contributed by atoms with van der Waals surface area (Å²) in [4.78, 5) is 13.1. The van der Waals surface area contributed by atoms with Crippen molar-refractivity contribution in [3.05, 3.63) is 65.7 Å². The van der Waals surface area contributed by atoms with Gasteiger partial charge in [-0.2, -0.15) is 0 Å². The molecule has 0 aromatic heterocycles. The zero-order chi connectivity index (χ0) is 19.0. The molecule has 4 nitrogen and oxygen atoms in total. The van der Waals surface area contributed by atoms with E-state index in [2.05, 4.69) is 29.6 Å². The average molecular weight is 367 g/mol. The zero-order valence-corrected chi connectivity index (χ0v) is 16.1. The summed E-state index contributed by atoms with van der Waals surface area (Å²) in [6.07, 6.45) is 3.33. The standard InChI is InChI=1S/C23H29NO3/c1-2-27-21-12-10-19(11-13-21)7-6-16-24-22(25)23(14-17-26-18-15-23)20-8-4-3-5-9-20/h3-5,8-13H,2,6-7,14-18H2,1H3,(H,24,25). The highest BCUT2D eigenvalue weighted by atomic mass is 16.5. The summed E-state index contributed by atoms with van der Waals surface area (Å²) < 4.78 is 11.0. The third-order valence-electron chi connectivity index (χ3n) is 5.27. The van der Waals surface area contributed by atoms with Crippen LogP contribution < -0.4 is 10.1 Å². The fourth-order valence-electron chi connectivity index (χ4n) is 3.71. The molecular weight excluding hydrogens is 338 g/mol. The number of nitrogens with one attached hydrogen (secondary N) is 1. The highest BCUT2D eigenvalue weighted by molar-refractivity contribution is 5.88. The Hall–Kier alpha value is -2.33. The summed E-state index contributed by atoms with van der Waals surface area (Å²) >= 11 is 0. The van der Waals surface area contributed by atoms with Crippen LogP contribution in [0.15, 0.2) is 54.6 Å². The van der Waals surface area contributed by atoms with Gasteiger partial charge < -0.3 is 14.8 Å². The van der Waals surface area contributed by atoms with Crippen molar-refractivity contribution in [2.24, 2.45) is 0 Å². The van der Waals surface area contributed by atoms with Crippen molar-refractivity contribution in [1.29, 1.82) is 0 Å². The monoisotopic (exact) mass is 367 g/mol. The summed E-state index contributed by atoms with van der Waals surface area (Å²) in [6.45, 7) is 4.61. The normalized spacial score (nSPS) is 15.9. The van der Waals surface area contributed by atoms with E-state index >= 15 is 0 Å². The maximum Gasteiger partial charge on any atom is 0.230 e. The quantitative estimate of drug-likeness (QED) is 0.720. The average Bonchev–Trinajstić information content (AvgIpc) is 2.73. The lowest BCUT2D eigenvalue weighted by Crippen LogP contribution is -2.48. The second-order valence-corrected chi connectivity index (χ2v) is 7.00. The molecule has 0 radical (unpaired) electrons. The van der Waals surface area contributed by atoms with Crippen molar-refractivity contribution in [3.63, 3.8) is 0 Å². The molecule has 1 amide bonds. The molecule has 0 aliphatic carbocycles. The van der Waals surface area contributed by atoms with Crippen LogP contribution >= 0.6 is 0 Å². The highest BCUT2D eigenvalue weighted by Crippen LogP contribution is 2.35. The molecule has 1 N–H and O–H groups in total. The molecule has 4 heteroatoms. The lowest BCUT2D eigenvalue weighted by Gasteiger charge is -2.36. The molecule has 1 saturated heterocycles. The SMILES string of the molecule is CCOc1ccc(CCCNC(=O)C2(c3ccccc3)CCOCC2)cc1. The van der Waals surface area contributed by atoms with E-state index in [1.54, 1.807) is 0 Å². The van der Waals surface area contributed by atoms with Gasteiger partial charge in [-0.05, 0) is 55.9 Å². The molecule has 0 bridgehead atoms. The van der Waals surface area contributed by atoms with E-state index in [1.807, 2.05) is 37.3 Å². The number of carbonyl (C=O) groups excluding carboxylic acids is 1.